The van der Waals surface area contributed by atoms with Crippen LogP contribution < -0.4 is 5.32 Å². The molecule has 1 amide bonds. The van der Waals surface area contributed by atoms with E-state index in [1.165, 1.54) is 19.3 Å². The van der Waals surface area contributed by atoms with Gasteiger partial charge in [-0.2, -0.15) is 0 Å². The lowest BCUT2D eigenvalue weighted by Crippen LogP contribution is -2.35. The number of hydrogen-bond acceptors (Lipinski definition) is 3. The molecule has 0 bridgehead atoms. The Balaban J connectivity index is 1.78. The number of nitrogens with zero attached hydrogens (tertiary/aromatic N) is 1. The van der Waals surface area contributed by atoms with E-state index in [2.05, 4.69) is 5.32 Å². The van der Waals surface area contributed by atoms with Crippen molar-refractivity contribution < 1.29 is 9.90 Å². The van der Waals surface area contributed by atoms with Gasteiger partial charge in [-0.25, -0.2) is 0 Å². The van der Waals surface area contributed by atoms with Crippen LogP contribution in [0.15, 0.2) is 24.3 Å². The Labute approximate surface area is 120 Å². The molecule has 1 fully saturated rings. The number of piperidine rings is 1. The molecular formula is C16H24N2O2. The summed E-state index contributed by atoms with van der Waals surface area (Å²) in [6, 6.07) is 7.65. The second-order valence-electron chi connectivity index (χ2n) is 5.56. The molecule has 1 unspecified atom stereocenters. The first-order chi connectivity index (χ1) is 9.66. The molecule has 0 aromatic heterocycles. The van der Waals surface area contributed by atoms with Gasteiger partial charge in [0.05, 0.1) is 0 Å². The molecule has 1 heterocycles. The molecule has 0 spiro atoms. The maximum Gasteiger partial charge on any atom is 0.222 e. The fraction of sp³-hybridized carbons (Fsp3) is 0.562. The Hall–Kier alpha value is -1.55. The summed E-state index contributed by atoms with van der Waals surface area (Å²) >= 11 is 0. The number of amides is 1. The number of hydrogen-bond donors (Lipinski definition) is 2. The quantitative estimate of drug-likeness (QED) is 0.867. The molecule has 2 rings (SSSR count). The third-order valence-electron chi connectivity index (χ3n) is 3.94. The predicted molar refractivity (Wildman–Crippen MR) is 79.5 cm³/mol. The summed E-state index contributed by atoms with van der Waals surface area (Å²) in [7, 11) is 1.79. The zero-order valence-electron chi connectivity index (χ0n) is 12.1. The van der Waals surface area contributed by atoms with Gasteiger partial charge in [-0.15, -0.1) is 0 Å². The third kappa shape index (κ3) is 4.23. The van der Waals surface area contributed by atoms with E-state index in [1.807, 2.05) is 12.1 Å². The van der Waals surface area contributed by atoms with Gasteiger partial charge in [-0.05, 0) is 31.9 Å². The predicted octanol–water partition coefficient (Wildman–Crippen LogP) is 2.27. The number of phenolic OH excluding ortho intramolecular Hbond substituents is 1. The van der Waals surface area contributed by atoms with E-state index in [1.54, 1.807) is 24.1 Å². The van der Waals surface area contributed by atoms with E-state index in [0.29, 0.717) is 19.0 Å². The monoisotopic (exact) mass is 276 g/mol. The molecule has 20 heavy (non-hydrogen) atoms. The molecule has 1 aliphatic heterocycles. The molecule has 0 aliphatic carbocycles. The third-order valence-corrected chi connectivity index (χ3v) is 3.94. The van der Waals surface area contributed by atoms with Crippen LogP contribution >= 0.6 is 0 Å². The molecule has 1 saturated heterocycles. The van der Waals surface area contributed by atoms with Crippen molar-refractivity contribution in [2.45, 2.75) is 44.7 Å². The van der Waals surface area contributed by atoms with Crippen LogP contribution in [0.4, 0.5) is 0 Å². The van der Waals surface area contributed by atoms with Crippen molar-refractivity contribution in [3.05, 3.63) is 29.8 Å². The van der Waals surface area contributed by atoms with Gasteiger partial charge in [-0.1, -0.05) is 24.6 Å². The Kier molecular flexibility index (Phi) is 5.41. The highest BCUT2D eigenvalue weighted by atomic mass is 16.3. The van der Waals surface area contributed by atoms with Crippen LogP contribution in [0, 0.1) is 0 Å². The molecule has 0 radical (unpaired) electrons. The molecule has 1 aliphatic rings. The van der Waals surface area contributed by atoms with Gasteiger partial charge in [0.25, 0.3) is 0 Å². The minimum absolute atomic E-state index is 0.139. The average molecular weight is 276 g/mol. The standard InChI is InChI=1S/C16H24N2O2/c1-18(12-13-6-2-3-8-15(13)19)16(20)10-9-14-7-4-5-11-17-14/h2-3,6,8,14,17,19H,4-5,7,9-12H2,1H3. The summed E-state index contributed by atoms with van der Waals surface area (Å²) in [6.45, 7) is 1.54. The smallest absolute Gasteiger partial charge is 0.222 e. The molecule has 1 aromatic carbocycles. The number of carbonyl (C=O) groups is 1. The molecule has 0 saturated carbocycles. The fourth-order valence-electron chi connectivity index (χ4n) is 2.65. The lowest BCUT2D eigenvalue weighted by Gasteiger charge is -2.24. The van der Waals surface area contributed by atoms with Crippen molar-refractivity contribution in [3.8, 4) is 5.75 Å². The highest BCUT2D eigenvalue weighted by Gasteiger charge is 2.16. The van der Waals surface area contributed by atoms with Gasteiger partial charge in [0.15, 0.2) is 0 Å². The van der Waals surface area contributed by atoms with E-state index in [9.17, 15) is 9.90 Å². The number of benzene rings is 1. The highest BCUT2D eigenvalue weighted by molar-refractivity contribution is 5.76. The van der Waals surface area contributed by atoms with Crippen molar-refractivity contribution in [1.29, 1.82) is 0 Å². The van der Waals surface area contributed by atoms with Crippen LogP contribution in [-0.2, 0) is 11.3 Å². The van der Waals surface area contributed by atoms with Gasteiger partial charge >= 0.3 is 0 Å². The molecule has 110 valence electrons. The van der Waals surface area contributed by atoms with Crippen molar-refractivity contribution >= 4 is 5.91 Å². The van der Waals surface area contributed by atoms with E-state index >= 15 is 0 Å². The van der Waals surface area contributed by atoms with Gasteiger partial charge < -0.3 is 15.3 Å². The number of para-hydroxylation sites is 1. The Bertz CT molecular complexity index is 442. The summed E-state index contributed by atoms with van der Waals surface area (Å²) in [4.78, 5) is 13.8. The zero-order chi connectivity index (χ0) is 14.4. The fourth-order valence-corrected chi connectivity index (χ4v) is 2.65. The van der Waals surface area contributed by atoms with Crippen molar-refractivity contribution in [1.82, 2.24) is 10.2 Å². The number of rotatable bonds is 5. The average Bonchev–Trinajstić information content (AvgIpc) is 2.48. The van der Waals surface area contributed by atoms with Crippen LogP contribution in [0.3, 0.4) is 0 Å². The summed E-state index contributed by atoms with van der Waals surface area (Å²) in [5.41, 5.74) is 0.791. The molecule has 2 N–H and O–H groups in total. The molecule has 4 heteroatoms. The molecule has 4 nitrogen and oxygen atoms in total. The second kappa shape index (κ2) is 7.29. The second-order valence-corrected chi connectivity index (χ2v) is 5.56. The number of carbonyl (C=O) groups excluding carboxylic acids is 1. The van der Waals surface area contributed by atoms with Gasteiger partial charge in [-0.3, -0.25) is 4.79 Å². The van der Waals surface area contributed by atoms with Crippen LogP contribution in [-0.4, -0.2) is 35.5 Å². The number of nitrogens with one attached hydrogen (secondary N) is 1. The molecular weight excluding hydrogens is 252 g/mol. The largest absolute Gasteiger partial charge is 0.508 e. The van der Waals surface area contributed by atoms with Gasteiger partial charge in [0, 0.05) is 31.6 Å². The first kappa shape index (κ1) is 14.9. The Morgan fingerprint density at radius 1 is 1.40 bits per heavy atom. The normalized spacial score (nSPS) is 18.8. The van der Waals surface area contributed by atoms with Crippen LogP contribution in [0.5, 0.6) is 5.75 Å². The maximum atomic E-state index is 12.1. The van der Waals surface area contributed by atoms with E-state index in [-0.39, 0.29) is 11.7 Å². The van der Waals surface area contributed by atoms with Crippen LogP contribution in [0.2, 0.25) is 0 Å². The lowest BCUT2D eigenvalue weighted by molar-refractivity contribution is -0.130. The maximum absolute atomic E-state index is 12.1. The lowest BCUT2D eigenvalue weighted by atomic mass is 10.0. The molecule has 1 atom stereocenters. The Morgan fingerprint density at radius 2 is 2.20 bits per heavy atom. The number of phenols is 1. The zero-order valence-corrected chi connectivity index (χ0v) is 12.1. The summed E-state index contributed by atoms with van der Waals surface area (Å²) in [6.07, 6.45) is 5.17. The van der Waals surface area contributed by atoms with E-state index in [4.69, 9.17) is 0 Å². The molecule has 1 aromatic rings. The van der Waals surface area contributed by atoms with Crippen LogP contribution in [0.25, 0.3) is 0 Å². The number of aromatic hydroxyl groups is 1. The van der Waals surface area contributed by atoms with Gasteiger partial charge in [0.1, 0.15) is 5.75 Å². The highest BCUT2D eigenvalue weighted by Crippen LogP contribution is 2.18. The first-order valence-corrected chi connectivity index (χ1v) is 7.41. The van der Waals surface area contributed by atoms with Crippen molar-refractivity contribution in [2.24, 2.45) is 0 Å². The minimum Gasteiger partial charge on any atom is -0.508 e. The minimum atomic E-state index is 0.139. The topological polar surface area (TPSA) is 52.6 Å². The van der Waals surface area contributed by atoms with Crippen LogP contribution in [0.1, 0.15) is 37.7 Å². The summed E-state index contributed by atoms with van der Waals surface area (Å²) < 4.78 is 0. The van der Waals surface area contributed by atoms with Crippen molar-refractivity contribution in [3.63, 3.8) is 0 Å². The van der Waals surface area contributed by atoms with Crippen molar-refractivity contribution in [2.75, 3.05) is 13.6 Å². The SMILES string of the molecule is CN(Cc1ccccc1O)C(=O)CCC1CCCCN1. The first-order valence-electron chi connectivity index (χ1n) is 7.41. The van der Waals surface area contributed by atoms with E-state index in [0.717, 1.165) is 18.5 Å². The summed E-state index contributed by atoms with van der Waals surface area (Å²) in [5, 5.41) is 13.2. The Morgan fingerprint density at radius 3 is 2.90 bits per heavy atom. The van der Waals surface area contributed by atoms with Gasteiger partial charge in [0.2, 0.25) is 5.91 Å². The van der Waals surface area contributed by atoms with E-state index < -0.39 is 0 Å². The summed E-state index contributed by atoms with van der Waals surface area (Å²) in [5.74, 6) is 0.390.